The molecule has 0 bridgehead atoms. The summed E-state index contributed by atoms with van der Waals surface area (Å²) in [5.41, 5.74) is 2.63. The molecule has 4 nitrogen and oxygen atoms in total. The number of nitrogens with one attached hydrogen (secondary N) is 3. The molecule has 2 aromatic rings. The van der Waals surface area contributed by atoms with Gasteiger partial charge < -0.3 is 16.0 Å². The first-order valence-electron chi connectivity index (χ1n) is 6.66. The van der Waals surface area contributed by atoms with Crippen LogP contribution in [0.15, 0.2) is 42.5 Å². The number of hydrogen-bond donors (Lipinski definition) is 3. The predicted molar refractivity (Wildman–Crippen MR) is 91.7 cm³/mol. The van der Waals surface area contributed by atoms with Gasteiger partial charge in [-0.15, -0.1) is 0 Å². The lowest BCUT2D eigenvalue weighted by atomic mass is 10.2. The third-order valence-corrected chi connectivity index (χ3v) is 3.10. The Hall–Kier alpha value is -2.47. The first-order chi connectivity index (χ1) is 10.4. The van der Waals surface area contributed by atoms with Crippen molar-refractivity contribution in [1.29, 1.82) is 0 Å². The van der Waals surface area contributed by atoms with Crippen LogP contribution < -0.4 is 16.0 Å². The van der Waals surface area contributed by atoms with Crippen LogP contribution in [0.5, 0.6) is 0 Å². The molecule has 0 heterocycles. The van der Waals surface area contributed by atoms with E-state index in [0.29, 0.717) is 22.1 Å². The lowest BCUT2D eigenvalue weighted by Gasteiger charge is -2.11. The topological polar surface area (TPSA) is 53.2 Å². The number of carbonyl (C=O) groups excluding carboxylic acids is 1. The summed E-state index contributed by atoms with van der Waals surface area (Å²) in [6.07, 6.45) is 0. The van der Waals surface area contributed by atoms with Crippen molar-refractivity contribution in [1.82, 2.24) is 0 Å². The van der Waals surface area contributed by atoms with Crippen molar-refractivity contribution in [2.75, 3.05) is 16.0 Å². The zero-order valence-corrected chi connectivity index (χ0v) is 13.1. The maximum atomic E-state index is 13.5. The van der Waals surface area contributed by atoms with Crippen LogP contribution >= 0.6 is 12.2 Å². The zero-order valence-electron chi connectivity index (χ0n) is 12.2. The van der Waals surface area contributed by atoms with Crippen molar-refractivity contribution in [2.45, 2.75) is 13.8 Å². The van der Waals surface area contributed by atoms with E-state index in [1.807, 2.05) is 0 Å². The molecular formula is C16H16FN3OS. The van der Waals surface area contributed by atoms with E-state index in [1.54, 1.807) is 43.3 Å². The van der Waals surface area contributed by atoms with E-state index in [4.69, 9.17) is 12.2 Å². The van der Waals surface area contributed by atoms with Crippen LogP contribution in [0.4, 0.5) is 21.5 Å². The summed E-state index contributed by atoms with van der Waals surface area (Å²) in [4.78, 5) is 10.9. The highest BCUT2D eigenvalue weighted by Gasteiger charge is 2.03. The van der Waals surface area contributed by atoms with Crippen LogP contribution in [0.2, 0.25) is 0 Å². The van der Waals surface area contributed by atoms with Gasteiger partial charge >= 0.3 is 0 Å². The summed E-state index contributed by atoms with van der Waals surface area (Å²) in [6, 6.07) is 11.9. The minimum atomic E-state index is -0.285. The summed E-state index contributed by atoms with van der Waals surface area (Å²) in [5, 5.41) is 8.94. The molecular weight excluding hydrogens is 301 g/mol. The van der Waals surface area contributed by atoms with E-state index in [9.17, 15) is 9.18 Å². The van der Waals surface area contributed by atoms with Gasteiger partial charge in [0.05, 0.1) is 0 Å². The van der Waals surface area contributed by atoms with Crippen LogP contribution in [-0.2, 0) is 4.79 Å². The van der Waals surface area contributed by atoms with Crippen molar-refractivity contribution in [3.63, 3.8) is 0 Å². The molecule has 2 rings (SSSR count). The maximum absolute atomic E-state index is 13.5. The second kappa shape index (κ2) is 7.00. The molecule has 0 atom stereocenters. The Morgan fingerprint density at radius 3 is 2.00 bits per heavy atom. The molecule has 0 radical (unpaired) electrons. The third-order valence-electron chi connectivity index (χ3n) is 2.89. The number of aryl methyl sites for hydroxylation is 1. The Kier molecular flexibility index (Phi) is 5.06. The molecule has 0 aliphatic heterocycles. The lowest BCUT2D eigenvalue weighted by molar-refractivity contribution is -0.114. The van der Waals surface area contributed by atoms with Crippen molar-refractivity contribution in [3.8, 4) is 0 Å². The number of hydrogen-bond acceptors (Lipinski definition) is 2. The third kappa shape index (κ3) is 4.53. The van der Waals surface area contributed by atoms with Gasteiger partial charge in [0.1, 0.15) is 5.82 Å². The van der Waals surface area contributed by atoms with Crippen molar-refractivity contribution < 1.29 is 9.18 Å². The molecule has 2 aromatic carbocycles. The predicted octanol–water partition coefficient (Wildman–Crippen LogP) is 3.90. The zero-order chi connectivity index (χ0) is 16.1. The SMILES string of the molecule is CC(=O)Nc1ccc(NC(=S)Nc2ccc(C)c(F)c2)cc1. The van der Waals surface area contributed by atoms with Crippen LogP contribution in [-0.4, -0.2) is 11.0 Å². The molecule has 0 spiro atoms. The van der Waals surface area contributed by atoms with E-state index in [0.717, 1.165) is 5.69 Å². The van der Waals surface area contributed by atoms with Crippen LogP contribution in [0.1, 0.15) is 12.5 Å². The van der Waals surface area contributed by atoms with Gasteiger partial charge in [-0.2, -0.15) is 0 Å². The van der Waals surface area contributed by atoms with Crippen molar-refractivity contribution in [3.05, 3.63) is 53.8 Å². The molecule has 0 saturated carbocycles. The normalized spacial score (nSPS) is 9.95. The van der Waals surface area contributed by atoms with Gasteiger partial charge in [0.2, 0.25) is 5.91 Å². The van der Waals surface area contributed by atoms with Crippen molar-refractivity contribution in [2.24, 2.45) is 0 Å². The maximum Gasteiger partial charge on any atom is 0.221 e. The number of amides is 1. The van der Waals surface area contributed by atoms with Gasteiger partial charge in [0, 0.05) is 24.0 Å². The molecule has 22 heavy (non-hydrogen) atoms. The Morgan fingerprint density at radius 1 is 0.955 bits per heavy atom. The fraction of sp³-hybridized carbons (Fsp3) is 0.125. The van der Waals surface area contributed by atoms with Gasteiger partial charge in [-0.3, -0.25) is 4.79 Å². The van der Waals surface area contributed by atoms with Gasteiger partial charge in [0.15, 0.2) is 5.11 Å². The van der Waals surface area contributed by atoms with Crippen molar-refractivity contribution >= 4 is 40.3 Å². The van der Waals surface area contributed by atoms with Gasteiger partial charge in [-0.25, -0.2) is 4.39 Å². The molecule has 0 aliphatic rings. The first-order valence-corrected chi connectivity index (χ1v) is 7.06. The number of benzene rings is 2. The second-order valence-electron chi connectivity index (χ2n) is 4.80. The smallest absolute Gasteiger partial charge is 0.221 e. The van der Waals surface area contributed by atoms with Crippen LogP contribution in [0.25, 0.3) is 0 Å². The van der Waals surface area contributed by atoms with Gasteiger partial charge in [-0.1, -0.05) is 6.07 Å². The summed E-state index contributed by atoms with van der Waals surface area (Å²) < 4.78 is 13.5. The molecule has 0 fully saturated rings. The van der Waals surface area contributed by atoms with Crippen LogP contribution in [0.3, 0.4) is 0 Å². The highest BCUT2D eigenvalue weighted by molar-refractivity contribution is 7.80. The summed E-state index contributed by atoms with van der Waals surface area (Å²) in [5.74, 6) is -0.410. The minimum Gasteiger partial charge on any atom is -0.332 e. The molecule has 0 aliphatic carbocycles. The molecule has 0 saturated heterocycles. The second-order valence-corrected chi connectivity index (χ2v) is 5.21. The van der Waals surface area contributed by atoms with E-state index < -0.39 is 0 Å². The fourth-order valence-corrected chi connectivity index (χ4v) is 2.04. The lowest BCUT2D eigenvalue weighted by Crippen LogP contribution is -2.19. The molecule has 3 N–H and O–H groups in total. The van der Waals surface area contributed by atoms with E-state index in [-0.39, 0.29) is 11.7 Å². The number of carbonyl (C=O) groups is 1. The Bertz CT molecular complexity index is 701. The van der Waals surface area contributed by atoms with Gasteiger partial charge in [0.25, 0.3) is 0 Å². The molecule has 114 valence electrons. The van der Waals surface area contributed by atoms with Crippen LogP contribution in [0, 0.1) is 12.7 Å². The highest BCUT2D eigenvalue weighted by atomic mass is 32.1. The molecule has 6 heteroatoms. The van der Waals surface area contributed by atoms with E-state index in [1.165, 1.54) is 13.0 Å². The molecule has 1 amide bonds. The highest BCUT2D eigenvalue weighted by Crippen LogP contribution is 2.16. The van der Waals surface area contributed by atoms with E-state index in [2.05, 4.69) is 16.0 Å². The first kappa shape index (κ1) is 15.9. The quantitative estimate of drug-likeness (QED) is 0.752. The Labute approximate surface area is 133 Å². The summed E-state index contributed by atoms with van der Waals surface area (Å²) in [6.45, 7) is 3.15. The Balaban J connectivity index is 1.96. The largest absolute Gasteiger partial charge is 0.332 e. The number of rotatable bonds is 3. The number of thiocarbonyl (C=S) groups is 1. The van der Waals surface area contributed by atoms with E-state index >= 15 is 0 Å². The monoisotopic (exact) mass is 317 g/mol. The fourth-order valence-electron chi connectivity index (χ4n) is 1.80. The van der Waals surface area contributed by atoms with Gasteiger partial charge in [-0.05, 0) is 61.1 Å². The number of halogens is 1. The number of anilines is 3. The standard InChI is InChI=1S/C16H16FN3OS/c1-10-3-4-14(9-15(10)17)20-16(22)19-13-7-5-12(6-8-13)18-11(2)21/h3-9H,1-2H3,(H,18,21)(H2,19,20,22). The molecule has 0 unspecified atom stereocenters. The minimum absolute atomic E-state index is 0.126. The average molecular weight is 317 g/mol. The summed E-state index contributed by atoms with van der Waals surface area (Å²) >= 11 is 5.18. The average Bonchev–Trinajstić information content (AvgIpc) is 2.44. The Morgan fingerprint density at radius 2 is 1.45 bits per heavy atom. The molecule has 0 aromatic heterocycles. The summed E-state index contributed by atoms with van der Waals surface area (Å²) in [7, 11) is 0.